The van der Waals surface area contributed by atoms with Gasteiger partial charge in [-0.15, -0.1) is 0 Å². The molecule has 1 heterocycles. The van der Waals surface area contributed by atoms with Gasteiger partial charge in [-0.1, -0.05) is 0 Å². The molecule has 18 heavy (non-hydrogen) atoms. The standard InChI is InChI=1S/C11H20N2O5/c14-10(15)1-2-13(9-11(16)17)4-3-12-5-7-18-8-6-12/h1-9H2,(H,14,15)(H,16,17). The third-order valence-electron chi connectivity index (χ3n) is 2.84. The fraction of sp³-hybridized carbons (Fsp3) is 0.818. The summed E-state index contributed by atoms with van der Waals surface area (Å²) < 4.78 is 5.22. The Morgan fingerprint density at radius 3 is 2.33 bits per heavy atom. The van der Waals surface area contributed by atoms with E-state index in [-0.39, 0.29) is 19.5 Å². The maximum Gasteiger partial charge on any atom is 0.317 e. The number of nitrogens with zero attached hydrogens (tertiary/aromatic N) is 2. The second-order valence-corrected chi connectivity index (χ2v) is 4.27. The lowest BCUT2D eigenvalue weighted by molar-refractivity contribution is -0.141. The Morgan fingerprint density at radius 2 is 1.78 bits per heavy atom. The number of aliphatic carboxylic acids is 2. The summed E-state index contributed by atoms with van der Waals surface area (Å²) in [5.74, 6) is -1.83. The lowest BCUT2D eigenvalue weighted by Crippen LogP contribution is -2.43. The fourth-order valence-electron chi connectivity index (χ4n) is 1.82. The van der Waals surface area contributed by atoms with Gasteiger partial charge in [0.2, 0.25) is 0 Å². The Hall–Kier alpha value is -1.18. The fourth-order valence-corrected chi connectivity index (χ4v) is 1.82. The second-order valence-electron chi connectivity index (χ2n) is 4.27. The average molecular weight is 260 g/mol. The number of carboxylic acid groups (broad SMARTS) is 2. The van der Waals surface area contributed by atoms with Crippen LogP contribution in [0.5, 0.6) is 0 Å². The van der Waals surface area contributed by atoms with Crippen LogP contribution in [0.15, 0.2) is 0 Å². The lowest BCUT2D eigenvalue weighted by atomic mass is 10.3. The first-order valence-corrected chi connectivity index (χ1v) is 6.04. The van der Waals surface area contributed by atoms with Gasteiger partial charge in [0.05, 0.1) is 26.2 Å². The van der Waals surface area contributed by atoms with E-state index in [2.05, 4.69) is 4.90 Å². The summed E-state index contributed by atoms with van der Waals surface area (Å²) in [5.41, 5.74) is 0. The second kappa shape index (κ2) is 8.02. The smallest absolute Gasteiger partial charge is 0.317 e. The van der Waals surface area contributed by atoms with Gasteiger partial charge < -0.3 is 14.9 Å². The molecule has 0 aromatic heterocycles. The molecule has 1 aliphatic rings. The molecule has 104 valence electrons. The molecule has 1 saturated heterocycles. The maximum atomic E-state index is 10.7. The molecule has 0 aromatic carbocycles. The highest BCUT2D eigenvalue weighted by Crippen LogP contribution is 1.99. The van der Waals surface area contributed by atoms with Gasteiger partial charge in [0.1, 0.15) is 0 Å². The zero-order chi connectivity index (χ0) is 13.4. The molecule has 0 unspecified atom stereocenters. The number of carbonyl (C=O) groups is 2. The van der Waals surface area contributed by atoms with E-state index in [0.717, 1.165) is 19.6 Å². The van der Waals surface area contributed by atoms with E-state index in [1.54, 1.807) is 4.90 Å². The Labute approximate surface area is 106 Å². The molecule has 1 rings (SSSR count). The largest absolute Gasteiger partial charge is 0.481 e. The number of rotatable bonds is 8. The maximum absolute atomic E-state index is 10.7. The molecule has 2 N–H and O–H groups in total. The highest BCUT2D eigenvalue weighted by atomic mass is 16.5. The summed E-state index contributed by atoms with van der Waals surface area (Å²) in [5, 5.41) is 17.4. The van der Waals surface area contributed by atoms with Crippen molar-refractivity contribution in [2.24, 2.45) is 0 Å². The highest BCUT2D eigenvalue weighted by molar-refractivity contribution is 5.69. The molecular formula is C11H20N2O5. The molecule has 0 saturated carbocycles. The normalized spacial score (nSPS) is 16.9. The van der Waals surface area contributed by atoms with Crippen LogP contribution in [0.3, 0.4) is 0 Å². The van der Waals surface area contributed by atoms with Crippen molar-refractivity contribution in [1.29, 1.82) is 0 Å². The van der Waals surface area contributed by atoms with Crippen molar-refractivity contribution in [2.75, 3.05) is 52.5 Å². The van der Waals surface area contributed by atoms with Crippen LogP contribution < -0.4 is 0 Å². The first kappa shape index (κ1) is 14.9. The summed E-state index contributed by atoms with van der Waals surface area (Å²) in [6.07, 6.45) is -0.0314. The van der Waals surface area contributed by atoms with Crippen LogP contribution in [0.2, 0.25) is 0 Å². The molecule has 1 fully saturated rings. The number of hydrogen-bond donors (Lipinski definition) is 2. The third-order valence-corrected chi connectivity index (χ3v) is 2.84. The first-order valence-electron chi connectivity index (χ1n) is 6.04. The van der Waals surface area contributed by atoms with E-state index in [4.69, 9.17) is 14.9 Å². The van der Waals surface area contributed by atoms with Gasteiger partial charge in [-0.2, -0.15) is 0 Å². The first-order chi connectivity index (χ1) is 8.58. The van der Waals surface area contributed by atoms with Gasteiger partial charge in [0.25, 0.3) is 0 Å². The number of ether oxygens (including phenoxy) is 1. The SMILES string of the molecule is O=C(O)CCN(CCN1CCOCC1)CC(=O)O. The summed E-state index contributed by atoms with van der Waals surface area (Å²) in [6, 6.07) is 0. The molecule has 0 atom stereocenters. The summed E-state index contributed by atoms with van der Waals surface area (Å²) in [7, 11) is 0. The van der Waals surface area contributed by atoms with E-state index in [0.29, 0.717) is 19.8 Å². The Kier molecular flexibility index (Phi) is 6.63. The Bertz CT molecular complexity index is 279. The van der Waals surface area contributed by atoms with Crippen LogP contribution in [0.1, 0.15) is 6.42 Å². The van der Waals surface area contributed by atoms with Gasteiger partial charge in [-0.25, -0.2) is 0 Å². The van der Waals surface area contributed by atoms with Gasteiger partial charge in [0, 0.05) is 32.7 Å². The number of hydrogen-bond acceptors (Lipinski definition) is 5. The quantitative estimate of drug-likeness (QED) is 0.589. The minimum atomic E-state index is -0.928. The summed E-state index contributed by atoms with van der Waals surface area (Å²) >= 11 is 0. The molecule has 7 heteroatoms. The molecule has 0 aromatic rings. The van der Waals surface area contributed by atoms with Crippen molar-refractivity contribution in [3.63, 3.8) is 0 Å². The lowest BCUT2D eigenvalue weighted by Gasteiger charge is -2.29. The van der Waals surface area contributed by atoms with Crippen LogP contribution >= 0.6 is 0 Å². The van der Waals surface area contributed by atoms with E-state index in [9.17, 15) is 9.59 Å². The molecule has 0 spiro atoms. The zero-order valence-corrected chi connectivity index (χ0v) is 10.4. The average Bonchev–Trinajstić information content (AvgIpc) is 2.33. The van der Waals surface area contributed by atoms with Gasteiger partial charge in [-0.05, 0) is 0 Å². The minimum absolute atomic E-state index is 0.0314. The zero-order valence-electron chi connectivity index (χ0n) is 10.4. The summed E-state index contributed by atoms with van der Waals surface area (Å²) in [4.78, 5) is 25.0. The van der Waals surface area contributed by atoms with E-state index in [1.165, 1.54) is 0 Å². The highest BCUT2D eigenvalue weighted by Gasteiger charge is 2.15. The third kappa shape index (κ3) is 6.53. The predicted octanol–water partition coefficient (Wildman–Crippen LogP) is -0.820. The number of carboxylic acids is 2. The molecule has 0 aliphatic carbocycles. The van der Waals surface area contributed by atoms with Gasteiger partial charge in [0.15, 0.2) is 0 Å². The van der Waals surface area contributed by atoms with Crippen LogP contribution in [0.4, 0.5) is 0 Å². The van der Waals surface area contributed by atoms with Gasteiger partial charge in [-0.3, -0.25) is 19.4 Å². The Balaban J connectivity index is 2.29. The Morgan fingerprint density at radius 1 is 1.11 bits per heavy atom. The minimum Gasteiger partial charge on any atom is -0.481 e. The molecule has 0 bridgehead atoms. The molecule has 0 radical (unpaired) electrons. The van der Waals surface area contributed by atoms with E-state index < -0.39 is 11.9 Å². The van der Waals surface area contributed by atoms with Crippen LogP contribution in [0, 0.1) is 0 Å². The van der Waals surface area contributed by atoms with Crippen molar-refractivity contribution in [3.05, 3.63) is 0 Å². The summed E-state index contributed by atoms with van der Waals surface area (Å²) in [6.45, 7) is 4.57. The van der Waals surface area contributed by atoms with Crippen LogP contribution in [0.25, 0.3) is 0 Å². The van der Waals surface area contributed by atoms with Crippen molar-refractivity contribution in [3.8, 4) is 0 Å². The topological polar surface area (TPSA) is 90.3 Å². The van der Waals surface area contributed by atoms with E-state index >= 15 is 0 Å². The van der Waals surface area contributed by atoms with E-state index in [1.807, 2.05) is 0 Å². The molecular weight excluding hydrogens is 240 g/mol. The van der Waals surface area contributed by atoms with Crippen molar-refractivity contribution in [2.45, 2.75) is 6.42 Å². The number of morpholine rings is 1. The molecule has 7 nitrogen and oxygen atoms in total. The van der Waals surface area contributed by atoms with Crippen molar-refractivity contribution in [1.82, 2.24) is 9.80 Å². The van der Waals surface area contributed by atoms with Gasteiger partial charge >= 0.3 is 11.9 Å². The predicted molar refractivity (Wildman–Crippen MR) is 63.6 cm³/mol. The van der Waals surface area contributed by atoms with Crippen LogP contribution in [-0.2, 0) is 14.3 Å². The van der Waals surface area contributed by atoms with Crippen LogP contribution in [-0.4, -0.2) is 84.4 Å². The van der Waals surface area contributed by atoms with Crippen molar-refractivity contribution >= 4 is 11.9 Å². The molecule has 0 amide bonds. The molecule has 1 aliphatic heterocycles. The van der Waals surface area contributed by atoms with Crippen molar-refractivity contribution < 1.29 is 24.5 Å². The monoisotopic (exact) mass is 260 g/mol.